The van der Waals surface area contributed by atoms with E-state index in [1.165, 1.54) is 42.5 Å². The topological polar surface area (TPSA) is 63.2 Å². The van der Waals surface area contributed by atoms with E-state index in [1.807, 2.05) is 0 Å². The fourth-order valence-electron chi connectivity index (χ4n) is 1.88. The number of hydrogen-bond donors (Lipinski definition) is 1. The standard InChI is InChI=1S/C15H13BrFNO3S/c1-2-18-22(20,21)12-7-8-13(14(16)9-12)15(19)10-3-5-11(17)6-4-10/h3-9,18H,2H2,1H3. The maximum Gasteiger partial charge on any atom is 0.240 e. The van der Waals surface area contributed by atoms with E-state index >= 15 is 0 Å². The van der Waals surface area contributed by atoms with Crippen molar-refractivity contribution in [2.45, 2.75) is 11.8 Å². The molecule has 0 amide bonds. The van der Waals surface area contributed by atoms with Crippen LogP contribution in [0.25, 0.3) is 0 Å². The molecule has 0 unspecified atom stereocenters. The lowest BCUT2D eigenvalue weighted by molar-refractivity contribution is 0.103. The van der Waals surface area contributed by atoms with E-state index < -0.39 is 15.8 Å². The highest BCUT2D eigenvalue weighted by atomic mass is 79.9. The molecule has 0 atom stereocenters. The van der Waals surface area contributed by atoms with Gasteiger partial charge in [-0.05, 0) is 58.4 Å². The SMILES string of the molecule is CCNS(=O)(=O)c1ccc(C(=O)c2ccc(F)cc2)c(Br)c1. The van der Waals surface area contributed by atoms with Crippen LogP contribution in [0, 0.1) is 5.82 Å². The summed E-state index contributed by atoms with van der Waals surface area (Å²) < 4.78 is 39.5. The van der Waals surface area contributed by atoms with Gasteiger partial charge < -0.3 is 0 Å². The summed E-state index contributed by atoms with van der Waals surface area (Å²) in [5.41, 5.74) is 0.631. The van der Waals surface area contributed by atoms with Crippen LogP contribution in [0.4, 0.5) is 4.39 Å². The summed E-state index contributed by atoms with van der Waals surface area (Å²) in [5, 5.41) is 0. The van der Waals surface area contributed by atoms with E-state index in [4.69, 9.17) is 0 Å². The minimum Gasteiger partial charge on any atom is -0.289 e. The number of carbonyl (C=O) groups excluding carboxylic acids is 1. The Morgan fingerprint density at radius 2 is 1.82 bits per heavy atom. The molecule has 22 heavy (non-hydrogen) atoms. The Hall–Kier alpha value is -1.57. The van der Waals surface area contributed by atoms with E-state index in [0.717, 1.165) is 0 Å². The van der Waals surface area contributed by atoms with E-state index in [9.17, 15) is 17.6 Å². The highest BCUT2D eigenvalue weighted by Crippen LogP contribution is 2.24. The van der Waals surface area contributed by atoms with Gasteiger partial charge in [0.05, 0.1) is 4.90 Å². The second-order valence-electron chi connectivity index (χ2n) is 4.48. The van der Waals surface area contributed by atoms with Gasteiger partial charge in [0.1, 0.15) is 5.82 Å². The van der Waals surface area contributed by atoms with Crippen molar-refractivity contribution in [1.82, 2.24) is 4.72 Å². The highest BCUT2D eigenvalue weighted by Gasteiger charge is 2.18. The van der Waals surface area contributed by atoms with Gasteiger partial charge in [0.15, 0.2) is 5.78 Å². The molecule has 0 radical (unpaired) electrons. The lowest BCUT2D eigenvalue weighted by Crippen LogP contribution is -2.23. The summed E-state index contributed by atoms with van der Waals surface area (Å²) in [7, 11) is -3.59. The normalized spacial score (nSPS) is 11.4. The molecule has 2 rings (SSSR count). The van der Waals surface area contributed by atoms with Crippen LogP contribution >= 0.6 is 15.9 Å². The Bertz CT molecular complexity index is 804. The van der Waals surface area contributed by atoms with Crippen LogP contribution < -0.4 is 4.72 Å². The first kappa shape index (κ1) is 16.8. The number of halogens is 2. The molecule has 0 aliphatic carbocycles. The van der Waals surface area contributed by atoms with Gasteiger partial charge >= 0.3 is 0 Å². The van der Waals surface area contributed by atoms with E-state index in [1.54, 1.807) is 6.92 Å². The Morgan fingerprint density at radius 1 is 1.18 bits per heavy atom. The van der Waals surface area contributed by atoms with Gasteiger partial charge in [-0.25, -0.2) is 17.5 Å². The summed E-state index contributed by atoms with van der Waals surface area (Å²) in [6.45, 7) is 1.95. The minimum absolute atomic E-state index is 0.0666. The molecule has 0 saturated heterocycles. The number of sulfonamides is 1. The molecule has 7 heteroatoms. The molecule has 0 bridgehead atoms. The maximum absolute atomic E-state index is 12.9. The average Bonchev–Trinajstić information content (AvgIpc) is 2.47. The second-order valence-corrected chi connectivity index (χ2v) is 7.10. The number of rotatable bonds is 5. The monoisotopic (exact) mass is 385 g/mol. The first-order chi connectivity index (χ1) is 10.3. The van der Waals surface area contributed by atoms with Gasteiger partial charge in [0.2, 0.25) is 10.0 Å². The van der Waals surface area contributed by atoms with Gasteiger partial charge in [-0.1, -0.05) is 6.92 Å². The Morgan fingerprint density at radius 3 is 2.36 bits per heavy atom. The van der Waals surface area contributed by atoms with Crippen molar-refractivity contribution in [2.24, 2.45) is 0 Å². The van der Waals surface area contributed by atoms with Crippen molar-refractivity contribution in [3.63, 3.8) is 0 Å². The quantitative estimate of drug-likeness (QED) is 0.804. The van der Waals surface area contributed by atoms with Crippen LogP contribution in [0.15, 0.2) is 51.8 Å². The zero-order valence-corrected chi connectivity index (χ0v) is 14.0. The molecule has 0 fully saturated rings. The predicted octanol–water partition coefficient (Wildman–Crippen LogP) is 3.12. The molecule has 0 heterocycles. The lowest BCUT2D eigenvalue weighted by Gasteiger charge is -2.08. The number of carbonyl (C=O) groups is 1. The lowest BCUT2D eigenvalue weighted by atomic mass is 10.0. The Balaban J connectivity index is 2.38. The molecular weight excluding hydrogens is 373 g/mol. The average molecular weight is 386 g/mol. The fourth-order valence-corrected chi connectivity index (χ4v) is 3.65. The molecule has 4 nitrogen and oxygen atoms in total. The summed E-state index contributed by atoms with van der Waals surface area (Å²) in [4.78, 5) is 12.4. The molecule has 116 valence electrons. The van der Waals surface area contributed by atoms with Crippen molar-refractivity contribution < 1.29 is 17.6 Å². The Kier molecular flexibility index (Phi) is 5.10. The van der Waals surface area contributed by atoms with Gasteiger partial charge in [0, 0.05) is 22.1 Å². The van der Waals surface area contributed by atoms with Crippen molar-refractivity contribution >= 4 is 31.7 Å². The van der Waals surface area contributed by atoms with Gasteiger partial charge in [-0.2, -0.15) is 0 Å². The van der Waals surface area contributed by atoms with Crippen LogP contribution in [-0.2, 0) is 10.0 Å². The fraction of sp³-hybridized carbons (Fsp3) is 0.133. The van der Waals surface area contributed by atoms with Crippen molar-refractivity contribution in [2.75, 3.05) is 6.54 Å². The van der Waals surface area contributed by atoms with E-state index in [0.29, 0.717) is 15.6 Å². The minimum atomic E-state index is -3.59. The van der Waals surface area contributed by atoms with Gasteiger partial charge in [-0.15, -0.1) is 0 Å². The zero-order valence-electron chi connectivity index (χ0n) is 11.6. The molecule has 2 aromatic carbocycles. The molecule has 0 spiro atoms. The summed E-state index contributed by atoms with van der Waals surface area (Å²) in [5.74, 6) is -0.748. The number of hydrogen-bond acceptors (Lipinski definition) is 3. The van der Waals surface area contributed by atoms with E-state index in [2.05, 4.69) is 20.7 Å². The second kappa shape index (κ2) is 6.68. The maximum atomic E-state index is 12.9. The van der Waals surface area contributed by atoms with Crippen molar-refractivity contribution in [3.8, 4) is 0 Å². The molecule has 0 aromatic heterocycles. The third-order valence-electron chi connectivity index (χ3n) is 2.94. The van der Waals surface area contributed by atoms with Crippen LogP contribution in [0.3, 0.4) is 0 Å². The third-order valence-corrected chi connectivity index (χ3v) is 5.14. The first-order valence-corrected chi connectivity index (χ1v) is 8.72. The third kappa shape index (κ3) is 3.60. The summed E-state index contributed by atoms with van der Waals surface area (Å²) in [6, 6.07) is 9.32. The molecule has 1 N–H and O–H groups in total. The van der Waals surface area contributed by atoms with E-state index in [-0.39, 0.29) is 17.2 Å². The van der Waals surface area contributed by atoms with Crippen LogP contribution in [0.1, 0.15) is 22.8 Å². The highest BCUT2D eigenvalue weighted by molar-refractivity contribution is 9.10. The number of benzene rings is 2. The summed E-state index contributed by atoms with van der Waals surface area (Å²) in [6.07, 6.45) is 0. The van der Waals surface area contributed by atoms with Crippen LogP contribution in [-0.4, -0.2) is 20.7 Å². The predicted molar refractivity (Wildman–Crippen MR) is 84.8 cm³/mol. The van der Waals surface area contributed by atoms with Crippen LogP contribution in [0.5, 0.6) is 0 Å². The van der Waals surface area contributed by atoms with Gasteiger partial charge in [-0.3, -0.25) is 4.79 Å². The smallest absolute Gasteiger partial charge is 0.240 e. The van der Waals surface area contributed by atoms with Crippen LogP contribution in [0.2, 0.25) is 0 Å². The largest absolute Gasteiger partial charge is 0.289 e. The van der Waals surface area contributed by atoms with Crippen molar-refractivity contribution in [1.29, 1.82) is 0 Å². The van der Waals surface area contributed by atoms with Gasteiger partial charge in [0.25, 0.3) is 0 Å². The number of nitrogens with one attached hydrogen (secondary N) is 1. The summed E-state index contributed by atoms with van der Waals surface area (Å²) >= 11 is 3.22. The molecular formula is C15H13BrFNO3S. The molecule has 2 aromatic rings. The molecule has 0 saturated carbocycles. The Labute approximate surface area is 136 Å². The molecule has 0 aliphatic heterocycles. The first-order valence-electron chi connectivity index (χ1n) is 6.44. The number of ketones is 1. The zero-order chi connectivity index (χ0) is 16.3. The van der Waals surface area contributed by atoms with Crippen molar-refractivity contribution in [3.05, 3.63) is 63.9 Å². The molecule has 0 aliphatic rings.